The maximum Gasteiger partial charge on any atom is 0.167 e. The highest BCUT2D eigenvalue weighted by Gasteiger charge is 2.44. The van der Waals surface area contributed by atoms with Gasteiger partial charge in [-0.15, -0.1) is 0 Å². The van der Waals surface area contributed by atoms with Crippen molar-refractivity contribution >= 4 is 16.9 Å². The molecule has 0 heterocycles. The second kappa shape index (κ2) is 5.69. The minimum Gasteiger partial charge on any atom is -0.497 e. The van der Waals surface area contributed by atoms with Crippen LogP contribution in [0.3, 0.4) is 0 Å². The number of carbonyl (C=O) groups is 1. The topological polar surface area (TPSA) is 26.3 Å². The van der Waals surface area contributed by atoms with E-state index in [-0.39, 0.29) is 5.92 Å². The van der Waals surface area contributed by atoms with E-state index in [0.717, 1.165) is 41.7 Å². The molecule has 2 aliphatic rings. The average molecular weight is 304 g/mol. The van der Waals surface area contributed by atoms with E-state index in [0.29, 0.717) is 11.7 Å². The van der Waals surface area contributed by atoms with E-state index < -0.39 is 0 Å². The van der Waals surface area contributed by atoms with Gasteiger partial charge in [0, 0.05) is 11.5 Å². The van der Waals surface area contributed by atoms with Crippen molar-refractivity contribution in [3.8, 4) is 5.75 Å². The lowest BCUT2D eigenvalue weighted by Gasteiger charge is -2.14. The van der Waals surface area contributed by atoms with E-state index in [4.69, 9.17) is 4.74 Å². The van der Waals surface area contributed by atoms with Crippen LogP contribution in [-0.2, 0) is 4.79 Å². The summed E-state index contributed by atoms with van der Waals surface area (Å²) in [5.74, 6) is 1.75. The lowest BCUT2D eigenvalue weighted by Crippen LogP contribution is -2.11. The van der Waals surface area contributed by atoms with Crippen LogP contribution in [0.5, 0.6) is 5.75 Å². The number of allylic oxidation sites excluding steroid dienone is 2. The Labute approximate surface area is 136 Å². The van der Waals surface area contributed by atoms with Gasteiger partial charge >= 0.3 is 0 Å². The van der Waals surface area contributed by atoms with Gasteiger partial charge in [0.1, 0.15) is 5.75 Å². The number of fused-ring (bicyclic) bond motifs is 1. The number of Topliss-reactive ketones (excluding diaryl/α,β-unsaturated/α-hetero) is 1. The highest BCUT2D eigenvalue weighted by atomic mass is 16.5. The van der Waals surface area contributed by atoms with Crippen molar-refractivity contribution in [3.63, 3.8) is 0 Å². The van der Waals surface area contributed by atoms with Crippen LogP contribution in [0.15, 0.2) is 54.6 Å². The van der Waals surface area contributed by atoms with Gasteiger partial charge in [0.2, 0.25) is 0 Å². The lowest BCUT2D eigenvalue weighted by molar-refractivity contribution is -0.117. The van der Waals surface area contributed by atoms with Gasteiger partial charge in [-0.1, -0.05) is 48.9 Å². The summed E-state index contributed by atoms with van der Waals surface area (Å²) < 4.78 is 5.27. The van der Waals surface area contributed by atoms with Gasteiger partial charge in [-0.25, -0.2) is 0 Å². The summed E-state index contributed by atoms with van der Waals surface area (Å²) in [5, 5.41) is 0. The first-order valence-electron chi connectivity index (χ1n) is 8.28. The first-order chi connectivity index (χ1) is 11.3. The molecule has 0 N–H and O–H groups in total. The zero-order chi connectivity index (χ0) is 15.8. The van der Waals surface area contributed by atoms with Crippen LogP contribution in [0.2, 0.25) is 0 Å². The lowest BCUT2D eigenvalue weighted by atomic mass is 9.89. The van der Waals surface area contributed by atoms with Crippen molar-refractivity contribution in [3.05, 3.63) is 65.7 Å². The molecule has 2 aromatic carbocycles. The number of benzene rings is 2. The van der Waals surface area contributed by atoms with Crippen molar-refractivity contribution in [1.29, 1.82) is 0 Å². The van der Waals surface area contributed by atoms with E-state index in [1.165, 1.54) is 5.57 Å². The Morgan fingerprint density at radius 2 is 1.57 bits per heavy atom. The monoisotopic (exact) mass is 304 g/mol. The van der Waals surface area contributed by atoms with Crippen LogP contribution in [0, 0.1) is 11.8 Å². The van der Waals surface area contributed by atoms with Crippen LogP contribution in [0.25, 0.3) is 11.1 Å². The molecule has 0 aromatic heterocycles. The molecule has 0 aliphatic heterocycles. The first-order valence-corrected chi connectivity index (χ1v) is 8.28. The SMILES string of the molecule is COc1ccc(C2=C(c3ccccc3)C(=O)C3CCCC23)cc1. The number of hydrogen-bond acceptors (Lipinski definition) is 2. The maximum atomic E-state index is 13.0. The summed E-state index contributed by atoms with van der Waals surface area (Å²) in [4.78, 5) is 13.0. The fraction of sp³-hybridized carbons (Fsp3) is 0.286. The minimum atomic E-state index is 0.183. The molecule has 2 nitrogen and oxygen atoms in total. The standard InChI is InChI=1S/C21H20O2/c1-23-16-12-10-15(11-13-16)19-17-8-5-9-18(17)21(22)20(19)14-6-3-2-4-7-14/h2-4,6-7,10-13,17-18H,5,8-9H2,1H3. The van der Waals surface area contributed by atoms with E-state index in [1.807, 2.05) is 30.3 Å². The highest BCUT2D eigenvalue weighted by Crippen LogP contribution is 2.52. The predicted octanol–water partition coefficient (Wildman–Crippen LogP) is 4.61. The Bertz CT molecular complexity index is 756. The second-order valence-corrected chi connectivity index (χ2v) is 6.39. The molecule has 2 aliphatic carbocycles. The van der Waals surface area contributed by atoms with Crippen LogP contribution < -0.4 is 4.74 Å². The molecule has 0 bridgehead atoms. The van der Waals surface area contributed by atoms with Crippen LogP contribution >= 0.6 is 0 Å². The fourth-order valence-corrected chi connectivity index (χ4v) is 4.15. The summed E-state index contributed by atoms with van der Waals surface area (Å²) in [6.07, 6.45) is 3.30. The zero-order valence-corrected chi connectivity index (χ0v) is 13.3. The van der Waals surface area contributed by atoms with E-state index in [1.54, 1.807) is 7.11 Å². The quantitative estimate of drug-likeness (QED) is 0.828. The fourth-order valence-electron chi connectivity index (χ4n) is 4.15. The first kappa shape index (κ1) is 14.3. The molecule has 4 rings (SSSR count). The molecule has 2 atom stereocenters. The summed E-state index contributed by atoms with van der Waals surface area (Å²) in [6.45, 7) is 0. The van der Waals surface area contributed by atoms with Gasteiger partial charge in [-0.3, -0.25) is 4.79 Å². The Morgan fingerprint density at radius 3 is 2.26 bits per heavy atom. The van der Waals surface area contributed by atoms with Gasteiger partial charge in [-0.05, 0) is 47.6 Å². The number of ether oxygens (including phenoxy) is 1. The van der Waals surface area contributed by atoms with Gasteiger partial charge in [0.05, 0.1) is 7.11 Å². The third-order valence-corrected chi connectivity index (χ3v) is 5.20. The summed E-state index contributed by atoms with van der Waals surface area (Å²) in [5.41, 5.74) is 4.39. The Morgan fingerprint density at radius 1 is 0.870 bits per heavy atom. The smallest absolute Gasteiger partial charge is 0.167 e. The van der Waals surface area contributed by atoms with Crippen molar-refractivity contribution in [2.24, 2.45) is 11.8 Å². The van der Waals surface area contributed by atoms with E-state index in [9.17, 15) is 4.79 Å². The van der Waals surface area contributed by atoms with Crippen LogP contribution in [0.4, 0.5) is 0 Å². The van der Waals surface area contributed by atoms with Gasteiger partial charge in [0.15, 0.2) is 5.78 Å². The highest BCUT2D eigenvalue weighted by molar-refractivity contribution is 6.32. The number of carbonyl (C=O) groups excluding carboxylic acids is 1. The largest absolute Gasteiger partial charge is 0.497 e. The average Bonchev–Trinajstić information content (AvgIpc) is 3.18. The maximum absolute atomic E-state index is 13.0. The normalized spacial score (nSPS) is 23.3. The third-order valence-electron chi connectivity index (χ3n) is 5.20. The number of ketones is 1. The molecule has 0 spiro atoms. The van der Waals surface area contributed by atoms with Crippen LogP contribution in [0.1, 0.15) is 30.4 Å². The zero-order valence-electron chi connectivity index (χ0n) is 13.3. The van der Waals surface area contributed by atoms with E-state index in [2.05, 4.69) is 24.3 Å². The Balaban J connectivity index is 1.88. The molecule has 116 valence electrons. The van der Waals surface area contributed by atoms with Crippen LogP contribution in [-0.4, -0.2) is 12.9 Å². The molecule has 2 aromatic rings. The Hall–Kier alpha value is -2.35. The van der Waals surface area contributed by atoms with Crippen molar-refractivity contribution < 1.29 is 9.53 Å². The molecule has 1 saturated carbocycles. The van der Waals surface area contributed by atoms with Crippen molar-refractivity contribution in [2.45, 2.75) is 19.3 Å². The number of rotatable bonds is 3. The van der Waals surface area contributed by atoms with Gasteiger partial charge < -0.3 is 4.74 Å². The molecule has 2 unspecified atom stereocenters. The van der Waals surface area contributed by atoms with Crippen molar-refractivity contribution in [1.82, 2.24) is 0 Å². The molecular formula is C21H20O2. The van der Waals surface area contributed by atoms with Gasteiger partial charge in [0.25, 0.3) is 0 Å². The van der Waals surface area contributed by atoms with E-state index >= 15 is 0 Å². The van der Waals surface area contributed by atoms with Gasteiger partial charge in [-0.2, -0.15) is 0 Å². The molecule has 0 radical (unpaired) electrons. The molecule has 0 amide bonds. The third kappa shape index (κ3) is 2.29. The van der Waals surface area contributed by atoms with Crippen molar-refractivity contribution in [2.75, 3.05) is 7.11 Å². The number of methoxy groups -OCH3 is 1. The predicted molar refractivity (Wildman–Crippen MR) is 92.1 cm³/mol. The second-order valence-electron chi connectivity index (χ2n) is 6.39. The molecule has 2 heteroatoms. The molecular weight excluding hydrogens is 284 g/mol. The summed E-state index contributed by atoms with van der Waals surface area (Å²) in [6, 6.07) is 18.3. The minimum absolute atomic E-state index is 0.183. The molecule has 0 saturated heterocycles. The summed E-state index contributed by atoms with van der Waals surface area (Å²) >= 11 is 0. The molecule has 1 fully saturated rings. The summed E-state index contributed by atoms with van der Waals surface area (Å²) in [7, 11) is 1.68. The molecule has 23 heavy (non-hydrogen) atoms. The number of hydrogen-bond donors (Lipinski definition) is 0. The Kier molecular flexibility index (Phi) is 3.53.